The second-order valence-electron chi connectivity index (χ2n) is 6.75. The number of halogens is 2. The molecule has 37 heavy (non-hydrogen) atoms. The SMILES string of the molecule is C.C=C([O-])[C+](N=[O+]C)C(C)=O.CCC/C=C/C=O.CCCc1c(C=O)c(C)c(C(C)=O)n1OC.[I][V][I]. The molecule has 0 aromatic carbocycles. The van der Waals surface area contributed by atoms with Crippen molar-refractivity contribution in [1.29, 1.82) is 0 Å². The topological polar surface area (TPSA) is 129 Å². The van der Waals surface area contributed by atoms with Crippen LogP contribution in [0.15, 0.2) is 29.7 Å². The van der Waals surface area contributed by atoms with Gasteiger partial charge in [0.1, 0.15) is 24.8 Å². The van der Waals surface area contributed by atoms with Gasteiger partial charge in [-0.15, -0.1) is 0 Å². The molecule has 9 nitrogen and oxygen atoms in total. The third kappa shape index (κ3) is 18.4. The van der Waals surface area contributed by atoms with Crippen molar-refractivity contribution >= 4 is 64.1 Å². The maximum absolute atomic E-state index is 11.5. The molecule has 1 aromatic heterocycles. The molecule has 1 heterocycles. The second kappa shape index (κ2) is 27.6. The van der Waals surface area contributed by atoms with Crippen LogP contribution in [0.25, 0.3) is 0 Å². The van der Waals surface area contributed by atoms with E-state index >= 15 is 0 Å². The minimum absolute atomic E-state index is 0. The van der Waals surface area contributed by atoms with E-state index in [1.165, 1.54) is 38.9 Å². The van der Waals surface area contributed by atoms with Crippen molar-refractivity contribution in [3.8, 4) is 0 Å². The molecule has 0 saturated heterocycles. The Kier molecular flexibility index (Phi) is 31.8. The Balaban J connectivity index is -0.000000223. The van der Waals surface area contributed by atoms with Crippen molar-refractivity contribution in [2.75, 3.05) is 14.2 Å². The van der Waals surface area contributed by atoms with Gasteiger partial charge in [0, 0.05) is 26.0 Å². The molecule has 209 valence electrons. The fourth-order valence-corrected chi connectivity index (χ4v) is 2.70. The Morgan fingerprint density at radius 3 is 2.05 bits per heavy atom. The van der Waals surface area contributed by atoms with E-state index < -0.39 is 11.5 Å². The number of allylic oxidation sites excluding steroid dienone is 2. The predicted molar refractivity (Wildman–Crippen MR) is 161 cm³/mol. The van der Waals surface area contributed by atoms with Crippen molar-refractivity contribution in [1.82, 2.24) is 4.73 Å². The Hall–Kier alpha value is -1.45. The summed E-state index contributed by atoms with van der Waals surface area (Å²) in [7, 11) is 3.38. The van der Waals surface area contributed by atoms with Gasteiger partial charge in [0.2, 0.25) is 0 Å². The number of nitrogens with zero attached hydrogens (tertiary/aromatic N) is 2. The van der Waals surface area contributed by atoms with Gasteiger partial charge in [0.15, 0.2) is 12.1 Å². The Morgan fingerprint density at radius 1 is 1.24 bits per heavy atom. The molecule has 12 heteroatoms. The number of nitroso groups, excluding NO2 is 1. The Morgan fingerprint density at radius 2 is 1.78 bits per heavy atom. The zero-order chi connectivity index (χ0) is 28.7. The van der Waals surface area contributed by atoms with Crippen molar-refractivity contribution in [3.05, 3.63) is 57.6 Å². The zero-order valence-electron chi connectivity index (χ0n) is 21.8. The molecule has 0 aliphatic rings. The molecule has 0 bridgehead atoms. The van der Waals surface area contributed by atoms with Crippen LogP contribution in [0.1, 0.15) is 86.5 Å². The van der Waals surface area contributed by atoms with Gasteiger partial charge in [0.05, 0.1) is 5.69 Å². The normalized spacial score (nSPS) is 9.32. The van der Waals surface area contributed by atoms with Crippen LogP contribution in [0.2, 0.25) is 0 Å². The van der Waals surface area contributed by atoms with Gasteiger partial charge < -0.3 is 9.94 Å². The van der Waals surface area contributed by atoms with E-state index in [4.69, 9.17) is 4.84 Å². The van der Waals surface area contributed by atoms with Crippen LogP contribution in [0, 0.1) is 17.5 Å². The average Bonchev–Trinajstić information content (AvgIpc) is 3.09. The molecule has 0 saturated carbocycles. The zero-order valence-corrected chi connectivity index (χ0v) is 27.5. The molecule has 0 aliphatic carbocycles. The van der Waals surface area contributed by atoms with Gasteiger partial charge in [-0.1, -0.05) is 44.7 Å². The summed E-state index contributed by atoms with van der Waals surface area (Å²) in [4.78, 5) is 47.8. The minimum atomic E-state index is -0.630. The van der Waals surface area contributed by atoms with Gasteiger partial charge in [-0.2, -0.15) is 4.73 Å². The molecule has 0 radical (unpaired) electrons. The van der Waals surface area contributed by atoms with E-state index in [1.807, 2.05) is 13.0 Å². The van der Waals surface area contributed by atoms with Crippen LogP contribution in [0.3, 0.4) is 0 Å². The first-order chi connectivity index (χ1) is 17.0. The summed E-state index contributed by atoms with van der Waals surface area (Å²) in [5.74, 6) is -1.17. The van der Waals surface area contributed by atoms with Crippen LogP contribution in [-0.2, 0) is 25.5 Å². The summed E-state index contributed by atoms with van der Waals surface area (Å²) in [5, 5.41) is 13.6. The fourth-order valence-electron chi connectivity index (χ4n) is 2.70. The Bertz CT molecular complexity index is 871. The van der Waals surface area contributed by atoms with Crippen molar-refractivity contribution in [2.45, 2.75) is 67.7 Å². The van der Waals surface area contributed by atoms with Gasteiger partial charge in [-0.05, 0) is 31.4 Å². The Labute approximate surface area is 250 Å². The van der Waals surface area contributed by atoms with E-state index in [9.17, 15) is 24.3 Å². The summed E-state index contributed by atoms with van der Waals surface area (Å²) in [6, 6.07) is -0.262. The van der Waals surface area contributed by atoms with Crippen LogP contribution in [0.4, 0.5) is 0 Å². The van der Waals surface area contributed by atoms with Crippen molar-refractivity contribution < 1.29 is 38.6 Å². The molecule has 0 aliphatic heterocycles. The number of ketones is 2. The number of carbonyl (C=O) groups excluding carboxylic acids is 4. The number of rotatable bonds is 11. The molecule has 1 rings (SSSR count). The molecule has 0 spiro atoms. The second-order valence-corrected chi connectivity index (χ2v) is 18.5. The fraction of sp³-hybridized carbons (Fsp3) is 0.480. The third-order valence-electron chi connectivity index (χ3n) is 4.09. The maximum atomic E-state index is 11.5. The number of unbranched alkanes of at least 4 members (excludes halogenated alkanes) is 1. The standard InChI is InChI=1S/C12H17NO3.C6H8NO3.C6H10O.CH4.2HI.V/c1-5-6-11-10(7-14)8(2)12(9(3)15)13(11)16-4;1-4(8)6(5(2)9)7-10-3;1-2-3-4-5-6-7;;;;/h7H,5-6H2,1-4H3;1H2,2-3H3;4-6H,2-3H2,1H3;1H4;2*1H;/q;+1;;;;;+2/p-2/b;;5-4+;;;;. The first-order valence-corrected chi connectivity index (χ1v) is 19.8. The van der Waals surface area contributed by atoms with Crippen LogP contribution in [0.5, 0.6) is 0 Å². The first kappa shape index (κ1) is 42.6. The van der Waals surface area contributed by atoms with Gasteiger partial charge in [0.25, 0.3) is 11.0 Å². The summed E-state index contributed by atoms with van der Waals surface area (Å²) < 4.78 is 5.71. The van der Waals surface area contributed by atoms with Crippen molar-refractivity contribution in [3.63, 3.8) is 0 Å². The van der Waals surface area contributed by atoms with E-state index in [0.717, 1.165) is 43.9 Å². The summed E-state index contributed by atoms with van der Waals surface area (Å²) in [6.07, 6.45) is 8.73. The summed E-state index contributed by atoms with van der Waals surface area (Å²) in [6.45, 7) is 11.6. The first-order valence-electron chi connectivity index (χ1n) is 10.8. The van der Waals surface area contributed by atoms with E-state index in [0.29, 0.717) is 26.3 Å². The summed E-state index contributed by atoms with van der Waals surface area (Å²) in [5.41, 5.74) is 2.53. The number of hydrogen-bond donors (Lipinski definition) is 0. The number of carbonyl (C=O) groups is 4. The monoisotopic (exact) mass is 784 g/mol. The van der Waals surface area contributed by atoms with E-state index in [-0.39, 0.29) is 19.3 Å². The van der Waals surface area contributed by atoms with Crippen LogP contribution < -0.4 is 9.94 Å². The average molecular weight is 784 g/mol. The molecule has 0 unspecified atom stereocenters. The number of aromatic nitrogens is 1. The van der Waals surface area contributed by atoms with Crippen molar-refractivity contribution in [2.24, 2.45) is 5.18 Å². The molecular formula is C25H39I2N2O7V+. The van der Waals surface area contributed by atoms with Crippen LogP contribution in [-0.4, -0.2) is 43.1 Å². The van der Waals surface area contributed by atoms with E-state index in [2.05, 4.69) is 63.2 Å². The third-order valence-corrected chi connectivity index (χ3v) is 4.09. The van der Waals surface area contributed by atoms with Gasteiger partial charge in [-0.25, -0.2) is 0 Å². The predicted octanol–water partition coefficient (Wildman–Crippen LogP) is 5.68. The number of aldehydes is 2. The number of Topliss-reactive ketones (excluding diaryl/α,β-unsaturated/α-hetero) is 2. The molecule has 1 aromatic rings. The molecule has 0 fully saturated rings. The molecular weight excluding hydrogens is 745 g/mol. The number of hydrogen-bond acceptors (Lipinski definition) is 7. The summed E-state index contributed by atoms with van der Waals surface area (Å²) >= 11 is 4.74. The van der Waals surface area contributed by atoms with Gasteiger partial charge in [-0.3, -0.25) is 19.2 Å². The molecule has 0 N–H and O–H groups in total. The molecule has 0 amide bonds. The molecule has 0 atom stereocenters. The van der Waals surface area contributed by atoms with Gasteiger partial charge >= 0.3 is 62.6 Å². The quantitative estimate of drug-likeness (QED) is 0.0541. The van der Waals surface area contributed by atoms with Crippen LogP contribution >= 0.6 is 40.0 Å². The van der Waals surface area contributed by atoms with E-state index in [1.54, 1.807) is 6.92 Å².